The van der Waals surface area contributed by atoms with Crippen molar-refractivity contribution in [3.8, 4) is 0 Å². The summed E-state index contributed by atoms with van der Waals surface area (Å²) in [4.78, 5) is 23.0. The third-order valence-electron chi connectivity index (χ3n) is 4.64. The lowest BCUT2D eigenvalue weighted by Crippen LogP contribution is -2.46. The number of amides is 1. The van der Waals surface area contributed by atoms with Crippen molar-refractivity contribution >= 4 is 11.9 Å². The Kier molecular flexibility index (Phi) is 4.25. The number of carbonyl (C=O) groups excluding carboxylic acids is 1. The Morgan fingerprint density at radius 1 is 1.11 bits per heavy atom. The second kappa shape index (κ2) is 5.72. The Hall–Kier alpha value is -1.06. The summed E-state index contributed by atoms with van der Waals surface area (Å²) in [6.07, 6.45) is 8.20. The topological polar surface area (TPSA) is 66.4 Å². The number of carbonyl (C=O) groups is 2. The van der Waals surface area contributed by atoms with Crippen molar-refractivity contribution in [1.82, 2.24) is 5.32 Å². The molecule has 2 fully saturated rings. The first-order chi connectivity index (χ1) is 8.59. The monoisotopic (exact) mass is 253 g/mol. The molecule has 2 saturated carbocycles. The third kappa shape index (κ3) is 2.85. The molecule has 2 aliphatic rings. The number of hydrogen-bond donors (Lipinski definition) is 2. The van der Waals surface area contributed by atoms with Crippen molar-refractivity contribution in [2.24, 2.45) is 17.8 Å². The van der Waals surface area contributed by atoms with Crippen molar-refractivity contribution < 1.29 is 14.7 Å². The summed E-state index contributed by atoms with van der Waals surface area (Å²) < 4.78 is 0. The summed E-state index contributed by atoms with van der Waals surface area (Å²) in [7, 11) is 0. The van der Waals surface area contributed by atoms with E-state index in [1.807, 2.05) is 0 Å². The molecule has 0 bridgehead atoms. The molecule has 2 aliphatic carbocycles. The molecule has 0 spiro atoms. The highest BCUT2D eigenvalue weighted by Crippen LogP contribution is 2.43. The molecule has 2 rings (SSSR count). The Labute approximate surface area is 108 Å². The van der Waals surface area contributed by atoms with Gasteiger partial charge in [-0.3, -0.25) is 9.59 Å². The van der Waals surface area contributed by atoms with Crippen LogP contribution in [0.1, 0.15) is 51.9 Å². The second-order valence-electron chi connectivity index (χ2n) is 5.81. The van der Waals surface area contributed by atoms with Gasteiger partial charge in [-0.25, -0.2) is 0 Å². The summed E-state index contributed by atoms with van der Waals surface area (Å²) in [5, 5.41) is 11.5. The maximum Gasteiger partial charge on any atom is 0.325 e. The van der Waals surface area contributed by atoms with Gasteiger partial charge in [-0.15, -0.1) is 0 Å². The molecule has 0 aromatic heterocycles. The number of aliphatic carboxylic acids is 1. The minimum absolute atomic E-state index is 0.0403. The van der Waals surface area contributed by atoms with E-state index in [2.05, 4.69) is 5.32 Å². The van der Waals surface area contributed by atoms with Crippen LogP contribution < -0.4 is 5.32 Å². The van der Waals surface area contributed by atoms with Crippen molar-refractivity contribution in [2.45, 2.75) is 57.9 Å². The highest BCUT2D eigenvalue weighted by Gasteiger charge is 2.38. The molecule has 18 heavy (non-hydrogen) atoms. The van der Waals surface area contributed by atoms with E-state index in [4.69, 9.17) is 5.11 Å². The van der Waals surface area contributed by atoms with Gasteiger partial charge in [0.05, 0.1) is 0 Å². The maximum atomic E-state index is 12.2. The summed E-state index contributed by atoms with van der Waals surface area (Å²) in [5.41, 5.74) is 0. The second-order valence-corrected chi connectivity index (χ2v) is 5.81. The van der Waals surface area contributed by atoms with Crippen LogP contribution in [0.3, 0.4) is 0 Å². The zero-order chi connectivity index (χ0) is 13.1. The molecule has 0 radical (unpaired) electrons. The van der Waals surface area contributed by atoms with Crippen LogP contribution in [0.5, 0.6) is 0 Å². The molecule has 1 amide bonds. The van der Waals surface area contributed by atoms with Gasteiger partial charge in [0.2, 0.25) is 5.91 Å². The first-order valence-electron chi connectivity index (χ1n) is 7.12. The van der Waals surface area contributed by atoms with Crippen LogP contribution in [0.2, 0.25) is 0 Å². The normalized spacial score (nSPS) is 33.3. The fraction of sp³-hybridized carbons (Fsp3) is 0.857. The molecule has 4 atom stereocenters. The largest absolute Gasteiger partial charge is 0.480 e. The van der Waals surface area contributed by atoms with Gasteiger partial charge in [0.15, 0.2) is 0 Å². The van der Waals surface area contributed by atoms with Crippen LogP contribution in [0.25, 0.3) is 0 Å². The van der Waals surface area contributed by atoms with Crippen LogP contribution in [0.4, 0.5) is 0 Å². The van der Waals surface area contributed by atoms with Crippen molar-refractivity contribution in [3.63, 3.8) is 0 Å². The molecule has 4 nitrogen and oxygen atoms in total. The van der Waals surface area contributed by atoms with Crippen LogP contribution >= 0.6 is 0 Å². The fourth-order valence-electron chi connectivity index (χ4n) is 3.65. The smallest absolute Gasteiger partial charge is 0.325 e. The lowest BCUT2D eigenvalue weighted by Gasteiger charge is -2.40. The van der Waals surface area contributed by atoms with Crippen LogP contribution in [-0.2, 0) is 9.59 Å². The number of hydrogen-bond acceptors (Lipinski definition) is 2. The molecule has 102 valence electrons. The number of carboxylic acids is 1. The Balaban J connectivity index is 1.97. The van der Waals surface area contributed by atoms with Gasteiger partial charge >= 0.3 is 5.97 Å². The SMILES string of the molecule is C[C@H](NC(=O)C1CCCC2CCCCC21)C(=O)O. The standard InChI is InChI=1S/C14H23NO3/c1-9(14(17)18)15-13(16)12-8-4-6-10-5-2-3-7-11(10)12/h9-12H,2-8H2,1H3,(H,15,16)(H,17,18)/t9-,10?,11?,12?/m0/s1. The molecule has 2 N–H and O–H groups in total. The van der Waals surface area contributed by atoms with Crippen LogP contribution in [0.15, 0.2) is 0 Å². The molecule has 0 aliphatic heterocycles. The summed E-state index contributed by atoms with van der Waals surface area (Å²) in [6.45, 7) is 1.53. The molecule has 3 unspecified atom stereocenters. The molecule has 0 saturated heterocycles. The highest BCUT2D eigenvalue weighted by atomic mass is 16.4. The van der Waals surface area contributed by atoms with Gasteiger partial charge in [0, 0.05) is 5.92 Å². The molecule has 0 aromatic carbocycles. The van der Waals surface area contributed by atoms with E-state index in [1.165, 1.54) is 32.6 Å². The average Bonchev–Trinajstić information content (AvgIpc) is 2.37. The molecule has 4 heteroatoms. The van der Waals surface area contributed by atoms with E-state index in [-0.39, 0.29) is 11.8 Å². The Morgan fingerprint density at radius 3 is 2.50 bits per heavy atom. The average molecular weight is 253 g/mol. The van der Waals surface area contributed by atoms with E-state index in [0.29, 0.717) is 11.8 Å². The number of carboxylic acid groups (broad SMARTS) is 1. The summed E-state index contributed by atoms with van der Waals surface area (Å²) >= 11 is 0. The highest BCUT2D eigenvalue weighted by molar-refractivity contribution is 5.84. The van der Waals surface area contributed by atoms with E-state index in [9.17, 15) is 9.59 Å². The zero-order valence-electron chi connectivity index (χ0n) is 11.0. The number of fused-ring (bicyclic) bond motifs is 1. The van der Waals surface area contributed by atoms with Gasteiger partial charge in [0.25, 0.3) is 0 Å². The predicted octanol–water partition coefficient (Wildman–Crippen LogP) is 2.18. The Bertz CT molecular complexity index is 327. The molecule has 0 aromatic rings. The van der Waals surface area contributed by atoms with E-state index in [1.54, 1.807) is 0 Å². The van der Waals surface area contributed by atoms with Gasteiger partial charge in [-0.1, -0.05) is 32.1 Å². The number of nitrogens with one attached hydrogen (secondary N) is 1. The van der Waals surface area contributed by atoms with Gasteiger partial charge in [0.1, 0.15) is 6.04 Å². The van der Waals surface area contributed by atoms with E-state index in [0.717, 1.165) is 19.3 Å². The zero-order valence-corrected chi connectivity index (χ0v) is 11.0. The lowest BCUT2D eigenvalue weighted by atomic mass is 9.65. The number of rotatable bonds is 3. The van der Waals surface area contributed by atoms with Crippen LogP contribution in [0, 0.1) is 17.8 Å². The van der Waals surface area contributed by atoms with Crippen molar-refractivity contribution in [3.05, 3.63) is 0 Å². The molecular weight excluding hydrogens is 230 g/mol. The van der Waals surface area contributed by atoms with Crippen molar-refractivity contribution in [1.29, 1.82) is 0 Å². The lowest BCUT2D eigenvalue weighted by molar-refractivity contribution is -0.143. The van der Waals surface area contributed by atoms with Gasteiger partial charge in [-0.05, 0) is 31.6 Å². The third-order valence-corrected chi connectivity index (χ3v) is 4.64. The summed E-state index contributed by atoms with van der Waals surface area (Å²) in [5.74, 6) is 0.239. The Morgan fingerprint density at radius 2 is 1.78 bits per heavy atom. The maximum absolute atomic E-state index is 12.2. The van der Waals surface area contributed by atoms with Crippen LogP contribution in [-0.4, -0.2) is 23.0 Å². The van der Waals surface area contributed by atoms with Gasteiger partial charge in [-0.2, -0.15) is 0 Å². The van der Waals surface area contributed by atoms with Crippen molar-refractivity contribution in [2.75, 3.05) is 0 Å². The summed E-state index contributed by atoms with van der Waals surface area (Å²) in [6, 6.07) is -0.776. The quantitative estimate of drug-likeness (QED) is 0.810. The predicted molar refractivity (Wildman–Crippen MR) is 68.0 cm³/mol. The fourth-order valence-corrected chi connectivity index (χ4v) is 3.65. The minimum Gasteiger partial charge on any atom is -0.480 e. The first-order valence-corrected chi connectivity index (χ1v) is 7.12. The van der Waals surface area contributed by atoms with E-state index < -0.39 is 12.0 Å². The van der Waals surface area contributed by atoms with Gasteiger partial charge < -0.3 is 10.4 Å². The molecular formula is C14H23NO3. The van der Waals surface area contributed by atoms with E-state index >= 15 is 0 Å². The first kappa shape index (κ1) is 13.4. The molecule has 0 heterocycles. The minimum atomic E-state index is -0.959.